The molecule has 1 aliphatic heterocycles. The van der Waals surface area contributed by atoms with E-state index in [9.17, 15) is 9.59 Å². The molecule has 1 saturated carbocycles. The molecule has 8 heteroatoms. The van der Waals surface area contributed by atoms with Crippen LogP contribution in [0.3, 0.4) is 0 Å². The van der Waals surface area contributed by atoms with Crippen LogP contribution in [-0.4, -0.2) is 62.8 Å². The van der Waals surface area contributed by atoms with Crippen LogP contribution in [-0.2, 0) is 4.79 Å². The Bertz CT molecular complexity index is 727. The summed E-state index contributed by atoms with van der Waals surface area (Å²) in [5, 5.41) is 9.00. The smallest absolute Gasteiger partial charge is 0.321 e. The Labute approximate surface area is 185 Å². The molecular formula is C23H36N4O4. The van der Waals surface area contributed by atoms with Gasteiger partial charge in [0.2, 0.25) is 5.91 Å². The summed E-state index contributed by atoms with van der Waals surface area (Å²) in [5.74, 6) is 1.71. The predicted octanol–water partition coefficient (Wildman–Crippen LogP) is 2.98. The summed E-state index contributed by atoms with van der Waals surface area (Å²) >= 11 is 0. The number of hydrogen-bond acceptors (Lipinski definition) is 6. The first kappa shape index (κ1) is 23.2. The third-order valence-electron chi connectivity index (χ3n) is 6.36. The number of likely N-dealkylation sites (tertiary alicyclic amines) is 1. The molecule has 2 aliphatic rings. The number of methoxy groups -OCH3 is 2. The summed E-state index contributed by atoms with van der Waals surface area (Å²) < 4.78 is 10.7. The van der Waals surface area contributed by atoms with Crippen molar-refractivity contribution >= 4 is 17.6 Å². The standard InChI is InChI=1S/C23H36N4O4/c1-16-6-4-5-7-21(16)25-23(29)26-22(28)15-27-10-8-17(9-11-27)24-18-12-19(30-2)14-20(13-18)31-3/h12-14,16-17,21,24H,4-11,15H2,1-3H3,(H2,25,26,28,29)/t16-,21+/m0/s1. The van der Waals surface area contributed by atoms with Crippen molar-refractivity contribution in [3.63, 3.8) is 0 Å². The van der Waals surface area contributed by atoms with Crippen LogP contribution in [0.2, 0.25) is 0 Å². The summed E-state index contributed by atoms with van der Waals surface area (Å²) in [6.07, 6.45) is 6.30. The van der Waals surface area contributed by atoms with E-state index in [4.69, 9.17) is 9.47 Å². The number of carbonyl (C=O) groups is 2. The molecule has 2 fully saturated rings. The summed E-state index contributed by atoms with van der Waals surface area (Å²) in [7, 11) is 3.27. The van der Waals surface area contributed by atoms with Crippen LogP contribution in [0.25, 0.3) is 0 Å². The van der Waals surface area contributed by atoms with Crippen molar-refractivity contribution in [2.45, 2.75) is 57.5 Å². The second-order valence-electron chi connectivity index (χ2n) is 8.69. The zero-order valence-electron chi connectivity index (χ0n) is 18.9. The predicted molar refractivity (Wildman–Crippen MR) is 121 cm³/mol. The molecule has 0 unspecified atom stereocenters. The minimum absolute atomic E-state index is 0.165. The summed E-state index contributed by atoms with van der Waals surface area (Å²) in [6, 6.07) is 5.86. The topological polar surface area (TPSA) is 91.9 Å². The Morgan fingerprint density at radius 1 is 1.00 bits per heavy atom. The lowest BCUT2D eigenvalue weighted by Crippen LogP contribution is -2.51. The quantitative estimate of drug-likeness (QED) is 0.614. The van der Waals surface area contributed by atoms with Gasteiger partial charge in [0.1, 0.15) is 11.5 Å². The number of carbonyl (C=O) groups excluding carboxylic acids is 2. The van der Waals surface area contributed by atoms with Crippen molar-refractivity contribution in [1.82, 2.24) is 15.5 Å². The monoisotopic (exact) mass is 432 g/mol. The molecule has 0 radical (unpaired) electrons. The Kier molecular flexibility index (Phi) is 8.40. The summed E-state index contributed by atoms with van der Waals surface area (Å²) in [6.45, 7) is 4.00. The molecule has 8 nitrogen and oxygen atoms in total. The largest absolute Gasteiger partial charge is 0.497 e. The first-order valence-electron chi connectivity index (χ1n) is 11.3. The van der Waals surface area contributed by atoms with Gasteiger partial charge in [-0.05, 0) is 31.6 Å². The first-order chi connectivity index (χ1) is 15.0. The maximum atomic E-state index is 12.3. The molecule has 2 atom stereocenters. The van der Waals surface area contributed by atoms with Crippen LogP contribution >= 0.6 is 0 Å². The number of amides is 3. The van der Waals surface area contributed by atoms with E-state index >= 15 is 0 Å². The molecule has 31 heavy (non-hydrogen) atoms. The van der Waals surface area contributed by atoms with Gasteiger partial charge in [-0.2, -0.15) is 0 Å². The van der Waals surface area contributed by atoms with Crippen molar-refractivity contribution in [2.24, 2.45) is 5.92 Å². The molecule has 3 rings (SSSR count). The SMILES string of the molecule is COc1cc(NC2CCN(CC(=O)NC(=O)N[C@@H]3CCCC[C@@H]3C)CC2)cc(OC)c1. The number of nitrogens with one attached hydrogen (secondary N) is 3. The number of hydrogen-bond donors (Lipinski definition) is 3. The van der Waals surface area contributed by atoms with Crippen LogP contribution in [0, 0.1) is 5.92 Å². The van der Waals surface area contributed by atoms with E-state index in [0.29, 0.717) is 12.0 Å². The maximum absolute atomic E-state index is 12.3. The minimum Gasteiger partial charge on any atom is -0.497 e. The van der Waals surface area contributed by atoms with Crippen LogP contribution < -0.4 is 25.4 Å². The number of benzene rings is 1. The second kappa shape index (κ2) is 11.2. The number of nitrogens with zero attached hydrogens (tertiary/aromatic N) is 1. The van der Waals surface area contributed by atoms with Gasteiger partial charge in [0.15, 0.2) is 0 Å². The zero-order chi connectivity index (χ0) is 22.2. The van der Waals surface area contributed by atoms with Crippen molar-refractivity contribution in [2.75, 3.05) is 39.2 Å². The Balaban J connectivity index is 1.39. The van der Waals surface area contributed by atoms with Gasteiger partial charge in [0.05, 0.1) is 20.8 Å². The van der Waals surface area contributed by atoms with Gasteiger partial charge in [-0.25, -0.2) is 4.79 Å². The molecule has 1 aromatic rings. The second-order valence-corrected chi connectivity index (χ2v) is 8.69. The van der Waals surface area contributed by atoms with E-state index in [1.165, 1.54) is 6.42 Å². The summed E-state index contributed by atoms with van der Waals surface area (Å²) in [4.78, 5) is 26.6. The first-order valence-corrected chi connectivity index (χ1v) is 11.3. The number of imide groups is 1. The highest BCUT2D eigenvalue weighted by Crippen LogP contribution is 2.27. The number of ether oxygens (including phenoxy) is 2. The minimum atomic E-state index is -0.368. The van der Waals surface area contributed by atoms with Crippen LogP contribution in [0.1, 0.15) is 45.4 Å². The number of anilines is 1. The molecule has 1 aromatic carbocycles. The number of rotatable bonds is 7. The lowest BCUT2D eigenvalue weighted by Gasteiger charge is -2.32. The van der Waals surface area contributed by atoms with Crippen molar-refractivity contribution in [3.8, 4) is 11.5 Å². The van der Waals surface area contributed by atoms with Gasteiger partial charge in [-0.3, -0.25) is 15.0 Å². The average Bonchev–Trinajstić information content (AvgIpc) is 2.76. The fraction of sp³-hybridized carbons (Fsp3) is 0.652. The van der Waals surface area contributed by atoms with Crippen molar-refractivity contribution < 1.29 is 19.1 Å². The van der Waals surface area contributed by atoms with Crippen LogP contribution in [0.15, 0.2) is 18.2 Å². The highest BCUT2D eigenvalue weighted by Gasteiger charge is 2.25. The normalized spacial score (nSPS) is 22.4. The Morgan fingerprint density at radius 2 is 1.65 bits per heavy atom. The molecule has 172 valence electrons. The number of urea groups is 1. The third-order valence-corrected chi connectivity index (χ3v) is 6.36. The van der Waals surface area contributed by atoms with E-state index in [1.807, 2.05) is 18.2 Å². The number of piperidine rings is 1. The molecule has 1 heterocycles. The van der Waals surface area contributed by atoms with Crippen LogP contribution in [0.4, 0.5) is 10.5 Å². The molecular weight excluding hydrogens is 396 g/mol. The Hall–Kier alpha value is -2.48. The van der Waals surface area contributed by atoms with Gasteiger partial charge >= 0.3 is 6.03 Å². The molecule has 0 aromatic heterocycles. The van der Waals surface area contributed by atoms with Crippen molar-refractivity contribution in [3.05, 3.63) is 18.2 Å². The zero-order valence-corrected chi connectivity index (χ0v) is 18.9. The van der Waals surface area contributed by atoms with E-state index in [2.05, 4.69) is 27.8 Å². The highest BCUT2D eigenvalue weighted by atomic mass is 16.5. The molecule has 3 N–H and O–H groups in total. The van der Waals surface area contributed by atoms with Crippen LogP contribution in [0.5, 0.6) is 11.5 Å². The fourth-order valence-corrected chi connectivity index (χ4v) is 4.47. The van der Waals surface area contributed by atoms with Gasteiger partial charge in [-0.1, -0.05) is 19.8 Å². The van der Waals surface area contributed by atoms with E-state index in [1.54, 1.807) is 14.2 Å². The van der Waals surface area contributed by atoms with Crippen molar-refractivity contribution in [1.29, 1.82) is 0 Å². The van der Waals surface area contributed by atoms with Gasteiger partial charge in [-0.15, -0.1) is 0 Å². The van der Waals surface area contributed by atoms with E-state index in [-0.39, 0.29) is 24.5 Å². The molecule has 0 spiro atoms. The lowest BCUT2D eigenvalue weighted by molar-refractivity contribution is -0.121. The van der Waals surface area contributed by atoms with E-state index in [0.717, 1.165) is 62.4 Å². The average molecular weight is 433 g/mol. The molecule has 1 aliphatic carbocycles. The van der Waals surface area contributed by atoms with Gasteiger partial charge in [0, 0.05) is 49.1 Å². The fourth-order valence-electron chi connectivity index (χ4n) is 4.47. The van der Waals surface area contributed by atoms with Gasteiger partial charge < -0.3 is 20.1 Å². The maximum Gasteiger partial charge on any atom is 0.321 e. The Morgan fingerprint density at radius 3 is 2.26 bits per heavy atom. The molecule has 3 amide bonds. The molecule has 0 bridgehead atoms. The van der Waals surface area contributed by atoms with Gasteiger partial charge in [0.25, 0.3) is 0 Å². The van der Waals surface area contributed by atoms with E-state index < -0.39 is 0 Å². The summed E-state index contributed by atoms with van der Waals surface area (Å²) in [5.41, 5.74) is 0.959. The molecule has 1 saturated heterocycles. The third kappa shape index (κ3) is 7.02. The lowest BCUT2D eigenvalue weighted by atomic mass is 9.86. The highest BCUT2D eigenvalue weighted by molar-refractivity contribution is 5.95.